The van der Waals surface area contributed by atoms with Crippen LogP contribution < -0.4 is 5.56 Å². The van der Waals surface area contributed by atoms with E-state index in [-0.39, 0.29) is 29.3 Å². The highest BCUT2D eigenvalue weighted by molar-refractivity contribution is 5.79. The smallest absolute Gasteiger partial charge is 0.256 e. The highest BCUT2D eigenvalue weighted by atomic mass is 16.2. The van der Waals surface area contributed by atoms with Crippen molar-refractivity contribution < 1.29 is 9.59 Å². The topological polar surface area (TPSA) is 86.4 Å². The Kier molecular flexibility index (Phi) is 5.51. The molecular formula is C21H30N4O3. The molecule has 2 fully saturated rings. The lowest BCUT2D eigenvalue weighted by Gasteiger charge is -2.35. The first-order valence-electron chi connectivity index (χ1n) is 10.7. The zero-order chi connectivity index (χ0) is 19.7. The second-order valence-electron chi connectivity index (χ2n) is 8.45. The third-order valence-electron chi connectivity index (χ3n) is 6.58. The van der Waals surface area contributed by atoms with Crippen molar-refractivity contribution in [2.45, 2.75) is 77.3 Å². The van der Waals surface area contributed by atoms with Crippen LogP contribution in [-0.2, 0) is 22.6 Å². The minimum Gasteiger partial charge on any atom is -0.337 e. The third-order valence-corrected chi connectivity index (χ3v) is 6.58. The van der Waals surface area contributed by atoms with Gasteiger partial charge in [0.15, 0.2) is 0 Å². The zero-order valence-corrected chi connectivity index (χ0v) is 16.7. The molecule has 1 N–H and O–H groups in total. The number of piperidine rings is 1. The van der Waals surface area contributed by atoms with Crippen LogP contribution in [0.3, 0.4) is 0 Å². The fourth-order valence-corrected chi connectivity index (χ4v) is 4.99. The highest BCUT2D eigenvalue weighted by Crippen LogP contribution is 2.30. The van der Waals surface area contributed by atoms with Gasteiger partial charge < -0.3 is 14.8 Å². The van der Waals surface area contributed by atoms with Crippen molar-refractivity contribution in [1.82, 2.24) is 19.8 Å². The Balaban J connectivity index is 1.54. The Bertz CT molecular complexity index is 812. The molecule has 7 heteroatoms. The molecule has 3 aliphatic rings. The van der Waals surface area contributed by atoms with Gasteiger partial charge in [-0.2, -0.15) is 0 Å². The molecule has 2 aliphatic heterocycles. The Morgan fingerprint density at radius 1 is 1.04 bits per heavy atom. The lowest BCUT2D eigenvalue weighted by atomic mass is 9.88. The van der Waals surface area contributed by atoms with Crippen molar-refractivity contribution in [3.05, 3.63) is 27.4 Å². The second kappa shape index (κ2) is 8.05. The summed E-state index contributed by atoms with van der Waals surface area (Å²) in [6, 6.07) is -0.147. The molecule has 0 unspecified atom stereocenters. The summed E-state index contributed by atoms with van der Waals surface area (Å²) in [4.78, 5) is 49.0. The fourth-order valence-electron chi connectivity index (χ4n) is 4.99. The molecule has 1 aromatic rings. The van der Waals surface area contributed by atoms with Crippen LogP contribution in [0, 0.1) is 5.92 Å². The maximum atomic E-state index is 12.9. The number of H-pyrrole nitrogens is 1. The summed E-state index contributed by atoms with van der Waals surface area (Å²) in [6.07, 6.45) is 8.86. The van der Waals surface area contributed by atoms with Crippen molar-refractivity contribution in [3.8, 4) is 0 Å². The lowest BCUT2D eigenvalue weighted by molar-refractivity contribution is -0.137. The van der Waals surface area contributed by atoms with Gasteiger partial charge in [-0.05, 0) is 32.1 Å². The number of rotatable bonds is 2. The van der Waals surface area contributed by atoms with Crippen LogP contribution in [0.15, 0.2) is 4.79 Å². The molecule has 152 valence electrons. The number of nitrogens with zero attached hydrogens (tertiary/aromatic N) is 3. The van der Waals surface area contributed by atoms with Crippen molar-refractivity contribution in [1.29, 1.82) is 0 Å². The quantitative estimate of drug-likeness (QED) is 0.845. The lowest BCUT2D eigenvalue weighted by Crippen LogP contribution is -2.44. The molecule has 0 spiro atoms. The Morgan fingerprint density at radius 3 is 2.54 bits per heavy atom. The number of carbonyl (C=O) groups excluding carboxylic acids is 2. The molecule has 28 heavy (non-hydrogen) atoms. The van der Waals surface area contributed by atoms with Gasteiger partial charge in [-0.3, -0.25) is 14.4 Å². The fraction of sp³-hybridized carbons (Fsp3) is 0.714. The number of fused-ring (bicyclic) bond motifs is 1. The van der Waals surface area contributed by atoms with Gasteiger partial charge in [-0.25, -0.2) is 4.98 Å². The van der Waals surface area contributed by atoms with Crippen LogP contribution in [0.1, 0.15) is 81.4 Å². The molecule has 1 aromatic heterocycles. The van der Waals surface area contributed by atoms with Crippen LogP contribution in [0.5, 0.6) is 0 Å². The van der Waals surface area contributed by atoms with Crippen molar-refractivity contribution >= 4 is 11.8 Å². The van der Waals surface area contributed by atoms with E-state index in [0.29, 0.717) is 37.4 Å². The van der Waals surface area contributed by atoms with Gasteiger partial charge in [0, 0.05) is 32.4 Å². The minimum absolute atomic E-state index is 0.0225. The molecule has 1 saturated heterocycles. The van der Waals surface area contributed by atoms with Gasteiger partial charge in [-0.1, -0.05) is 19.3 Å². The van der Waals surface area contributed by atoms with E-state index in [1.807, 2.05) is 9.80 Å². The molecule has 0 radical (unpaired) electrons. The van der Waals surface area contributed by atoms with E-state index >= 15 is 0 Å². The third kappa shape index (κ3) is 3.71. The Morgan fingerprint density at radius 2 is 1.79 bits per heavy atom. The van der Waals surface area contributed by atoms with E-state index in [9.17, 15) is 14.4 Å². The number of hydrogen-bond donors (Lipinski definition) is 1. The van der Waals surface area contributed by atoms with Crippen molar-refractivity contribution in [2.75, 3.05) is 13.1 Å². The summed E-state index contributed by atoms with van der Waals surface area (Å²) < 4.78 is 0. The monoisotopic (exact) mass is 386 g/mol. The largest absolute Gasteiger partial charge is 0.337 e. The first-order chi connectivity index (χ1) is 13.5. The van der Waals surface area contributed by atoms with Gasteiger partial charge >= 0.3 is 0 Å². The highest BCUT2D eigenvalue weighted by Gasteiger charge is 2.32. The maximum absolute atomic E-state index is 12.9. The van der Waals surface area contributed by atoms with Crippen LogP contribution in [-0.4, -0.2) is 44.7 Å². The standard InChI is InChI=1S/C21H30N4O3/c1-14(26)25-11-6-5-9-18(25)19-22-17-10-12-24(13-16(17)20(27)23-19)21(28)15-7-3-2-4-8-15/h15,18H,2-13H2,1H3,(H,22,23,27)/t18-/m1/s1. The van der Waals surface area contributed by atoms with E-state index in [4.69, 9.17) is 4.98 Å². The molecule has 0 aromatic carbocycles. The van der Waals surface area contributed by atoms with E-state index in [2.05, 4.69) is 4.98 Å². The van der Waals surface area contributed by atoms with Crippen molar-refractivity contribution in [2.24, 2.45) is 5.92 Å². The molecule has 4 rings (SSSR count). The number of hydrogen-bond acceptors (Lipinski definition) is 4. The van der Waals surface area contributed by atoms with Crippen LogP contribution >= 0.6 is 0 Å². The summed E-state index contributed by atoms with van der Waals surface area (Å²) in [5.74, 6) is 0.942. The van der Waals surface area contributed by atoms with Gasteiger partial charge in [-0.15, -0.1) is 0 Å². The molecular weight excluding hydrogens is 356 g/mol. The summed E-state index contributed by atoms with van der Waals surface area (Å²) in [7, 11) is 0. The normalized spacial score (nSPS) is 23.4. The maximum Gasteiger partial charge on any atom is 0.256 e. The van der Waals surface area contributed by atoms with Crippen molar-refractivity contribution in [3.63, 3.8) is 0 Å². The van der Waals surface area contributed by atoms with Crippen LogP contribution in [0.25, 0.3) is 0 Å². The number of likely N-dealkylation sites (tertiary alicyclic amines) is 1. The summed E-state index contributed by atoms with van der Waals surface area (Å²) in [5.41, 5.74) is 1.25. The average Bonchev–Trinajstić information content (AvgIpc) is 2.73. The van der Waals surface area contributed by atoms with Gasteiger partial charge in [0.25, 0.3) is 5.56 Å². The molecule has 7 nitrogen and oxygen atoms in total. The predicted molar refractivity (Wildman–Crippen MR) is 105 cm³/mol. The van der Waals surface area contributed by atoms with Gasteiger partial charge in [0.05, 0.1) is 23.8 Å². The van der Waals surface area contributed by atoms with Crippen LogP contribution in [0.2, 0.25) is 0 Å². The molecule has 1 saturated carbocycles. The number of aromatic amines is 1. The Labute approximate surface area is 165 Å². The summed E-state index contributed by atoms with van der Waals surface area (Å²) >= 11 is 0. The van der Waals surface area contributed by atoms with E-state index < -0.39 is 0 Å². The van der Waals surface area contributed by atoms with E-state index in [1.54, 1.807) is 6.92 Å². The van der Waals surface area contributed by atoms with E-state index in [1.165, 1.54) is 6.42 Å². The molecule has 1 atom stereocenters. The first-order valence-corrected chi connectivity index (χ1v) is 10.7. The second-order valence-corrected chi connectivity index (χ2v) is 8.45. The number of aromatic nitrogens is 2. The number of nitrogens with one attached hydrogen (secondary N) is 1. The Hall–Kier alpha value is -2.18. The number of carbonyl (C=O) groups is 2. The summed E-state index contributed by atoms with van der Waals surface area (Å²) in [6.45, 7) is 3.27. The molecule has 3 heterocycles. The zero-order valence-electron chi connectivity index (χ0n) is 16.7. The first kappa shape index (κ1) is 19.2. The number of amides is 2. The predicted octanol–water partition coefficient (Wildman–Crippen LogP) is 2.31. The molecule has 1 aliphatic carbocycles. The van der Waals surface area contributed by atoms with E-state index in [0.717, 1.165) is 50.6 Å². The average molecular weight is 386 g/mol. The summed E-state index contributed by atoms with van der Waals surface area (Å²) in [5, 5.41) is 0. The molecule has 0 bridgehead atoms. The van der Waals surface area contributed by atoms with Crippen LogP contribution in [0.4, 0.5) is 0 Å². The minimum atomic E-state index is -0.157. The molecule has 2 amide bonds. The SMILES string of the molecule is CC(=O)N1CCCC[C@@H]1c1nc2c(c(=O)[nH]1)CN(C(=O)C1CCCCC1)CC2. The van der Waals surface area contributed by atoms with Gasteiger partial charge in [0.1, 0.15) is 5.82 Å². The van der Waals surface area contributed by atoms with Gasteiger partial charge in [0.2, 0.25) is 11.8 Å².